The van der Waals surface area contributed by atoms with Crippen molar-refractivity contribution >= 4 is 16.6 Å². The lowest BCUT2D eigenvalue weighted by molar-refractivity contribution is 0.216. The molecule has 0 saturated carbocycles. The Balaban J connectivity index is 1.71. The van der Waals surface area contributed by atoms with Crippen LogP contribution in [-0.4, -0.2) is 32.8 Å². The molecule has 0 bridgehead atoms. The second-order valence-electron chi connectivity index (χ2n) is 6.64. The molecule has 124 valence electrons. The fraction of sp³-hybridized carbons (Fsp3) is 0.368. The standard InChI is InChI=1S/C19H23N5/c1-23-18(13-24-7-3-2-4-8-24)17(12-22-23)14-5-6-15-11-21-19(20)10-16(15)9-14/h5-6,9-12H,2-4,7-8,13H2,1H3,(H2,20,21). The molecule has 0 aliphatic carbocycles. The van der Waals surface area contributed by atoms with E-state index in [1.165, 1.54) is 49.2 Å². The lowest BCUT2D eigenvalue weighted by Crippen LogP contribution is -2.30. The minimum atomic E-state index is 0.555. The summed E-state index contributed by atoms with van der Waals surface area (Å²) in [6, 6.07) is 8.37. The van der Waals surface area contributed by atoms with E-state index < -0.39 is 0 Å². The molecule has 1 aliphatic rings. The van der Waals surface area contributed by atoms with Gasteiger partial charge in [0.2, 0.25) is 0 Å². The number of hydrogen-bond donors (Lipinski definition) is 1. The van der Waals surface area contributed by atoms with Crippen molar-refractivity contribution in [3.8, 4) is 11.1 Å². The van der Waals surface area contributed by atoms with Crippen molar-refractivity contribution in [3.05, 3.63) is 42.4 Å². The van der Waals surface area contributed by atoms with Gasteiger partial charge >= 0.3 is 0 Å². The molecule has 4 rings (SSSR count). The van der Waals surface area contributed by atoms with E-state index in [4.69, 9.17) is 5.73 Å². The van der Waals surface area contributed by atoms with Gasteiger partial charge in [-0.15, -0.1) is 0 Å². The Bertz CT molecular complexity index is 861. The summed E-state index contributed by atoms with van der Waals surface area (Å²) in [5, 5.41) is 6.73. The van der Waals surface area contributed by atoms with Crippen LogP contribution < -0.4 is 5.73 Å². The minimum absolute atomic E-state index is 0.555. The summed E-state index contributed by atoms with van der Waals surface area (Å²) in [5.74, 6) is 0.555. The second-order valence-corrected chi connectivity index (χ2v) is 6.64. The molecule has 0 spiro atoms. The highest BCUT2D eigenvalue weighted by atomic mass is 15.3. The van der Waals surface area contributed by atoms with Crippen LogP contribution in [0.3, 0.4) is 0 Å². The molecule has 0 unspecified atom stereocenters. The summed E-state index contributed by atoms with van der Waals surface area (Å²) in [6.07, 6.45) is 7.76. The third-order valence-corrected chi connectivity index (χ3v) is 4.94. The van der Waals surface area contributed by atoms with E-state index in [1.807, 2.05) is 30.2 Å². The van der Waals surface area contributed by atoms with Gasteiger partial charge in [0.1, 0.15) is 5.82 Å². The number of hydrogen-bond acceptors (Lipinski definition) is 4. The number of piperidine rings is 1. The van der Waals surface area contributed by atoms with Gasteiger partial charge in [-0.1, -0.05) is 18.6 Å². The molecule has 0 amide bonds. The summed E-state index contributed by atoms with van der Waals surface area (Å²) >= 11 is 0. The van der Waals surface area contributed by atoms with Gasteiger partial charge < -0.3 is 5.73 Å². The molecule has 5 heteroatoms. The van der Waals surface area contributed by atoms with Crippen LogP contribution in [-0.2, 0) is 13.6 Å². The molecule has 1 fully saturated rings. The number of fused-ring (bicyclic) bond motifs is 1. The van der Waals surface area contributed by atoms with Crippen LogP contribution in [0.25, 0.3) is 21.9 Å². The first-order valence-corrected chi connectivity index (χ1v) is 8.59. The lowest BCUT2D eigenvalue weighted by Gasteiger charge is -2.26. The number of nitrogens with two attached hydrogens (primary N) is 1. The molecular formula is C19H23N5. The fourth-order valence-corrected chi connectivity index (χ4v) is 3.55. The molecule has 0 atom stereocenters. The highest BCUT2D eigenvalue weighted by molar-refractivity contribution is 5.88. The summed E-state index contributed by atoms with van der Waals surface area (Å²) < 4.78 is 2.01. The molecule has 24 heavy (non-hydrogen) atoms. The van der Waals surface area contributed by atoms with Crippen molar-refractivity contribution < 1.29 is 0 Å². The van der Waals surface area contributed by atoms with Gasteiger partial charge in [-0.05, 0) is 49.0 Å². The van der Waals surface area contributed by atoms with Crippen LogP contribution in [0.2, 0.25) is 0 Å². The molecule has 2 aromatic heterocycles. The van der Waals surface area contributed by atoms with E-state index in [0.717, 1.165) is 17.3 Å². The Morgan fingerprint density at radius 1 is 1.04 bits per heavy atom. The van der Waals surface area contributed by atoms with Gasteiger partial charge in [-0.2, -0.15) is 5.10 Å². The quantitative estimate of drug-likeness (QED) is 0.805. The largest absolute Gasteiger partial charge is 0.384 e. The number of aromatic nitrogens is 3. The predicted octanol–water partition coefficient (Wildman–Crippen LogP) is 3.20. The van der Waals surface area contributed by atoms with Crippen LogP contribution in [0.15, 0.2) is 36.7 Å². The number of likely N-dealkylation sites (tertiary alicyclic amines) is 1. The molecule has 3 heterocycles. The van der Waals surface area contributed by atoms with Crippen molar-refractivity contribution in [1.82, 2.24) is 19.7 Å². The zero-order chi connectivity index (χ0) is 16.5. The van der Waals surface area contributed by atoms with Crippen molar-refractivity contribution in [2.45, 2.75) is 25.8 Å². The Morgan fingerprint density at radius 3 is 2.71 bits per heavy atom. The third kappa shape index (κ3) is 2.87. The molecule has 1 aliphatic heterocycles. The van der Waals surface area contributed by atoms with Gasteiger partial charge in [0.05, 0.1) is 11.9 Å². The van der Waals surface area contributed by atoms with E-state index >= 15 is 0 Å². The average molecular weight is 321 g/mol. The Kier molecular flexibility index (Phi) is 3.94. The zero-order valence-electron chi connectivity index (χ0n) is 14.1. The number of rotatable bonds is 3. The van der Waals surface area contributed by atoms with E-state index in [9.17, 15) is 0 Å². The SMILES string of the molecule is Cn1ncc(-c2ccc3cnc(N)cc3c2)c1CN1CCCCC1. The maximum Gasteiger partial charge on any atom is 0.123 e. The predicted molar refractivity (Wildman–Crippen MR) is 97.5 cm³/mol. The molecular weight excluding hydrogens is 298 g/mol. The van der Waals surface area contributed by atoms with Gasteiger partial charge in [0.15, 0.2) is 0 Å². The average Bonchev–Trinajstić information content (AvgIpc) is 2.96. The first kappa shape index (κ1) is 15.1. The van der Waals surface area contributed by atoms with Gasteiger partial charge in [0, 0.05) is 30.7 Å². The highest BCUT2D eigenvalue weighted by Crippen LogP contribution is 2.28. The molecule has 5 nitrogen and oxygen atoms in total. The number of nitrogen functional groups attached to an aromatic ring is 1. The van der Waals surface area contributed by atoms with Gasteiger partial charge in [0.25, 0.3) is 0 Å². The number of anilines is 1. The number of pyridine rings is 1. The van der Waals surface area contributed by atoms with E-state index in [2.05, 4.69) is 33.2 Å². The summed E-state index contributed by atoms with van der Waals surface area (Å²) in [5.41, 5.74) is 9.51. The number of aryl methyl sites for hydroxylation is 1. The van der Waals surface area contributed by atoms with Crippen molar-refractivity contribution in [3.63, 3.8) is 0 Å². The normalized spacial score (nSPS) is 15.9. The molecule has 1 aromatic carbocycles. The lowest BCUT2D eigenvalue weighted by atomic mass is 10.0. The molecule has 0 radical (unpaired) electrons. The summed E-state index contributed by atoms with van der Waals surface area (Å²) in [4.78, 5) is 6.70. The topological polar surface area (TPSA) is 60.0 Å². The van der Waals surface area contributed by atoms with Gasteiger partial charge in [-0.3, -0.25) is 9.58 Å². The molecule has 3 aromatic rings. The Labute approximate surface area is 142 Å². The van der Waals surface area contributed by atoms with Gasteiger partial charge in [-0.25, -0.2) is 4.98 Å². The maximum atomic E-state index is 5.84. The summed E-state index contributed by atoms with van der Waals surface area (Å²) in [6.45, 7) is 3.33. The second kappa shape index (κ2) is 6.24. The van der Waals surface area contributed by atoms with Crippen LogP contribution in [0.1, 0.15) is 25.0 Å². The maximum absolute atomic E-state index is 5.84. The van der Waals surface area contributed by atoms with E-state index in [1.54, 1.807) is 0 Å². The first-order chi connectivity index (χ1) is 11.7. The van der Waals surface area contributed by atoms with Crippen LogP contribution in [0.4, 0.5) is 5.82 Å². The van der Waals surface area contributed by atoms with Crippen LogP contribution in [0.5, 0.6) is 0 Å². The number of nitrogens with zero attached hydrogens (tertiary/aromatic N) is 4. The smallest absolute Gasteiger partial charge is 0.123 e. The monoisotopic (exact) mass is 321 g/mol. The first-order valence-electron chi connectivity index (χ1n) is 8.59. The van der Waals surface area contributed by atoms with Crippen molar-refractivity contribution in [2.24, 2.45) is 7.05 Å². The van der Waals surface area contributed by atoms with Crippen LogP contribution >= 0.6 is 0 Å². The number of benzene rings is 1. The Hall–Kier alpha value is -2.40. The van der Waals surface area contributed by atoms with Crippen molar-refractivity contribution in [2.75, 3.05) is 18.8 Å². The highest BCUT2D eigenvalue weighted by Gasteiger charge is 2.17. The van der Waals surface area contributed by atoms with Crippen molar-refractivity contribution in [1.29, 1.82) is 0 Å². The molecule has 2 N–H and O–H groups in total. The summed E-state index contributed by atoms with van der Waals surface area (Å²) in [7, 11) is 2.03. The van der Waals surface area contributed by atoms with E-state index in [-0.39, 0.29) is 0 Å². The third-order valence-electron chi connectivity index (χ3n) is 4.94. The zero-order valence-corrected chi connectivity index (χ0v) is 14.1. The molecule has 1 saturated heterocycles. The Morgan fingerprint density at radius 2 is 1.88 bits per heavy atom. The minimum Gasteiger partial charge on any atom is -0.384 e. The van der Waals surface area contributed by atoms with Crippen LogP contribution in [0, 0.1) is 0 Å². The van der Waals surface area contributed by atoms with E-state index in [0.29, 0.717) is 5.82 Å². The fourth-order valence-electron chi connectivity index (χ4n) is 3.55.